The second-order valence-corrected chi connectivity index (χ2v) is 6.75. The van der Waals surface area contributed by atoms with Gasteiger partial charge < -0.3 is 19.4 Å². The largest absolute Gasteiger partial charge is 0.497 e. The molecule has 7 nitrogen and oxygen atoms in total. The van der Waals surface area contributed by atoms with Gasteiger partial charge in [0.05, 0.1) is 12.9 Å². The molecule has 0 saturated heterocycles. The number of benzene rings is 2. The van der Waals surface area contributed by atoms with Crippen LogP contribution in [0.2, 0.25) is 0 Å². The van der Waals surface area contributed by atoms with Crippen molar-refractivity contribution in [2.75, 3.05) is 18.2 Å². The number of carbonyl (C=O) groups excluding carboxylic acids is 1. The third-order valence-corrected chi connectivity index (χ3v) is 4.89. The van der Waals surface area contributed by atoms with Crippen LogP contribution in [-0.2, 0) is 17.9 Å². The van der Waals surface area contributed by atoms with Crippen molar-refractivity contribution in [1.82, 2.24) is 14.8 Å². The lowest BCUT2D eigenvalue weighted by molar-refractivity contribution is -0.113. The first-order valence-corrected chi connectivity index (χ1v) is 9.84. The Morgan fingerprint density at radius 3 is 2.46 bits per heavy atom. The molecule has 0 atom stereocenters. The summed E-state index contributed by atoms with van der Waals surface area (Å²) in [5, 5.41) is 12.0. The van der Waals surface area contributed by atoms with E-state index in [1.54, 1.807) is 7.11 Å². The first-order chi connectivity index (χ1) is 13.7. The fraction of sp³-hybridized carbons (Fsp3) is 0.250. The number of methoxy groups -OCH3 is 1. The number of thioether (sulfide) groups is 1. The normalized spacial score (nSPS) is 10.5. The van der Waals surface area contributed by atoms with E-state index < -0.39 is 0 Å². The quantitative estimate of drug-likeness (QED) is 0.555. The first kappa shape index (κ1) is 19.8. The minimum Gasteiger partial charge on any atom is -0.497 e. The van der Waals surface area contributed by atoms with Crippen molar-refractivity contribution in [2.45, 2.75) is 25.2 Å². The van der Waals surface area contributed by atoms with E-state index in [0.717, 1.165) is 17.2 Å². The van der Waals surface area contributed by atoms with Crippen LogP contribution in [0, 0.1) is 0 Å². The SMILES string of the molecule is CCn1c(COc2ccc(OC)cc2)nnc1SCC(=O)Nc1ccccc1. The van der Waals surface area contributed by atoms with Gasteiger partial charge in [-0.05, 0) is 43.3 Å². The number of aromatic nitrogens is 3. The summed E-state index contributed by atoms with van der Waals surface area (Å²) in [6.07, 6.45) is 0. The van der Waals surface area contributed by atoms with Crippen molar-refractivity contribution < 1.29 is 14.3 Å². The van der Waals surface area contributed by atoms with Crippen LogP contribution in [-0.4, -0.2) is 33.5 Å². The lowest BCUT2D eigenvalue weighted by Crippen LogP contribution is -2.14. The second-order valence-electron chi connectivity index (χ2n) is 5.81. The highest BCUT2D eigenvalue weighted by molar-refractivity contribution is 7.99. The molecule has 1 amide bonds. The number of carbonyl (C=O) groups is 1. The zero-order chi connectivity index (χ0) is 19.8. The topological polar surface area (TPSA) is 78.3 Å². The summed E-state index contributed by atoms with van der Waals surface area (Å²) < 4.78 is 12.9. The summed E-state index contributed by atoms with van der Waals surface area (Å²) >= 11 is 1.35. The van der Waals surface area contributed by atoms with Crippen LogP contribution in [0.15, 0.2) is 59.8 Å². The number of rotatable bonds is 9. The summed E-state index contributed by atoms with van der Waals surface area (Å²) in [6.45, 7) is 3.00. The van der Waals surface area contributed by atoms with Gasteiger partial charge in [-0.1, -0.05) is 30.0 Å². The van der Waals surface area contributed by atoms with Crippen LogP contribution >= 0.6 is 11.8 Å². The zero-order valence-electron chi connectivity index (χ0n) is 15.8. The van der Waals surface area contributed by atoms with Gasteiger partial charge in [-0.2, -0.15) is 0 Å². The van der Waals surface area contributed by atoms with E-state index in [1.807, 2.05) is 66.1 Å². The minimum atomic E-state index is -0.0853. The second kappa shape index (κ2) is 9.80. The Labute approximate surface area is 168 Å². The number of hydrogen-bond acceptors (Lipinski definition) is 6. The maximum atomic E-state index is 12.1. The van der Waals surface area contributed by atoms with Crippen molar-refractivity contribution >= 4 is 23.4 Å². The number of para-hydroxylation sites is 1. The summed E-state index contributed by atoms with van der Waals surface area (Å²) in [6, 6.07) is 16.7. The van der Waals surface area contributed by atoms with Gasteiger partial charge >= 0.3 is 0 Å². The van der Waals surface area contributed by atoms with Crippen LogP contribution in [0.4, 0.5) is 5.69 Å². The molecule has 1 heterocycles. The average molecular weight is 398 g/mol. The van der Waals surface area contributed by atoms with E-state index in [1.165, 1.54) is 11.8 Å². The third-order valence-electron chi connectivity index (χ3n) is 3.93. The Bertz CT molecular complexity index is 898. The predicted octanol–water partition coefficient (Wildman–Crippen LogP) is 3.62. The first-order valence-electron chi connectivity index (χ1n) is 8.86. The number of ether oxygens (including phenoxy) is 2. The third kappa shape index (κ3) is 5.26. The van der Waals surface area contributed by atoms with Gasteiger partial charge in [-0.25, -0.2) is 0 Å². The van der Waals surface area contributed by atoms with E-state index in [4.69, 9.17) is 9.47 Å². The highest BCUT2D eigenvalue weighted by Crippen LogP contribution is 2.20. The van der Waals surface area contributed by atoms with Crippen molar-refractivity contribution in [1.29, 1.82) is 0 Å². The van der Waals surface area contributed by atoms with Crippen LogP contribution in [0.5, 0.6) is 11.5 Å². The molecular weight excluding hydrogens is 376 g/mol. The summed E-state index contributed by atoms with van der Waals surface area (Å²) in [7, 11) is 1.62. The fourth-order valence-electron chi connectivity index (χ4n) is 2.52. The molecule has 0 unspecified atom stereocenters. The van der Waals surface area contributed by atoms with Gasteiger partial charge in [0.25, 0.3) is 0 Å². The molecule has 2 aromatic carbocycles. The van der Waals surface area contributed by atoms with Crippen molar-refractivity contribution in [3.63, 3.8) is 0 Å². The molecule has 0 bridgehead atoms. The van der Waals surface area contributed by atoms with Gasteiger partial charge in [0, 0.05) is 12.2 Å². The Hall–Kier alpha value is -3.00. The van der Waals surface area contributed by atoms with E-state index in [9.17, 15) is 4.79 Å². The number of nitrogens with one attached hydrogen (secondary N) is 1. The molecule has 0 spiro atoms. The highest BCUT2D eigenvalue weighted by Gasteiger charge is 2.14. The standard InChI is InChI=1S/C20H22N4O3S/c1-3-24-18(13-27-17-11-9-16(26-2)10-12-17)22-23-20(24)28-14-19(25)21-15-7-5-4-6-8-15/h4-12H,3,13-14H2,1-2H3,(H,21,25). The lowest BCUT2D eigenvalue weighted by atomic mass is 10.3. The Kier molecular flexibility index (Phi) is 6.91. The Morgan fingerprint density at radius 2 is 1.79 bits per heavy atom. The molecule has 0 aliphatic rings. The molecule has 146 valence electrons. The van der Waals surface area contributed by atoms with Gasteiger partial charge in [0.2, 0.25) is 5.91 Å². The Morgan fingerprint density at radius 1 is 1.07 bits per heavy atom. The van der Waals surface area contributed by atoms with E-state index >= 15 is 0 Å². The molecular formula is C20H22N4O3S. The van der Waals surface area contributed by atoms with Crippen LogP contribution in [0.3, 0.4) is 0 Å². The van der Waals surface area contributed by atoms with E-state index in [0.29, 0.717) is 24.1 Å². The molecule has 0 saturated carbocycles. The molecule has 0 fully saturated rings. The molecule has 0 aliphatic carbocycles. The molecule has 0 aliphatic heterocycles. The molecule has 1 N–H and O–H groups in total. The minimum absolute atomic E-state index is 0.0853. The molecule has 8 heteroatoms. The average Bonchev–Trinajstić information content (AvgIpc) is 3.13. The molecule has 0 radical (unpaired) electrons. The van der Waals surface area contributed by atoms with Crippen LogP contribution in [0.1, 0.15) is 12.7 Å². The van der Waals surface area contributed by atoms with Crippen LogP contribution in [0.25, 0.3) is 0 Å². The van der Waals surface area contributed by atoms with E-state index in [-0.39, 0.29) is 11.7 Å². The predicted molar refractivity (Wildman–Crippen MR) is 109 cm³/mol. The van der Waals surface area contributed by atoms with Crippen molar-refractivity contribution in [2.24, 2.45) is 0 Å². The molecule has 1 aromatic heterocycles. The number of anilines is 1. The van der Waals surface area contributed by atoms with Crippen molar-refractivity contribution in [3.05, 3.63) is 60.4 Å². The van der Waals surface area contributed by atoms with Gasteiger partial charge in [-0.15, -0.1) is 10.2 Å². The molecule has 3 rings (SSSR count). The fourth-order valence-corrected chi connectivity index (χ4v) is 3.34. The van der Waals surface area contributed by atoms with Crippen molar-refractivity contribution in [3.8, 4) is 11.5 Å². The molecule has 28 heavy (non-hydrogen) atoms. The summed E-state index contributed by atoms with van der Waals surface area (Å²) in [5.74, 6) is 2.38. The Balaban J connectivity index is 1.55. The summed E-state index contributed by atoms with van der Waals surface area (Å²) in [5.41, 5.74) is 0.777. The van der Waals surface area contributed by atoms with Gasteiger partial charge in [0.1, 0.15) is 18.1 Å². The number of hydrogen-bond donors (Lipinski definition) is 1. The van der Waals surface area contributed by atoms with Crippen LogP contribution < -0.4 is 14.8 Å². The maximum absolute atomic E-state index is 12.1. The van der Waals surface area contributed by atoms with E-state index in [2.05, 4.69) is 15.5 Å². The van der Waals surface area contributed by atoms with Gasteiger partial charge in [-0.3, -0.25) is 4.79 Å². The molecule has 3 aromatic rings. The lowest BCUT2D eigenvalue weighted by Gasteiger charge is -2.09. The number of nitrogens with zero attached hydrogens (tertiary/aromatic N) is 3. The maximum Gasteiger partial charge on any atom is 0.234 e. The summed E-state index contributed by atoms with van der Waals surface area (Å²) in [4.78, 5) is 12.1. The number of amides is 1. The monoisotopic (exact) mass is 398 g/mol. The van der Waals surface area contributed by atoms with Gasteiger partial charge in [0.15, 0.2) is 11.0 Å². The zero-order valence-corrected chi connectivity index (χ0v) is 16.6. The highest BCUT2D eigenvalue weighted by atomic mass is 32.2. The smallest absolute Gasteiger partial charge is 0.234 e.